The van der Waals surface area contributed by atoms with Crippen LogP contribution in [0.4, 0.5) is 0 Å². The third-order valence-corrected chi connectivity index (χ3v) is 6.33. The van der Waals surface area contributed by atoms with E-state index in [-0.39, 0.29) is 0 Å². The smallest absolute Gasteiger partial charge is 0.234 e. The molecule has 0 aromatic carbocycles. The Hall–Kier alpha value is -0.443. The second-order valence-corrected chi connectivity index (χ2v) is 7.01. The second kappa shape index (κ2) is 5.24. The second-order valence-electron chi connectivity index (χ2n) is 2.50. The summed E-state index contributed by atoms with van der Waals surface area (Å²) in [6.07, 6.45) is 2.11. The molecule has 0 radical (unpaired) electrons. The fraction of sp³-hybridized carbons (Fsp3) is 0.857. The quantitative estimate of drug-likeness (QED) is 0.359. The lowest BCUT2D eigenvalue weighted by molar-refractivity contribution is 0.393. The van der Waals surface area contributed by atoms with E-state index in [1.165, 1.54) is 0 Å². The number of hydrogen-bond acceptors (Lipinski definition) is 3. The molecule has 0 heterocycles. The van der Waals surface area contributed by atoms with Gasteiger partial charge in [0.1, 0.15) is 0 Å². The van der Waals surface area contributed by atoms with Crippen LogP contribution in [0.3, 0.4) is 0 Å². The van der Waals surface area contributed by atoms with Crippen molar-refractivity contribution >= 4 is 14.4 Å². The molecule has 0 aromatic rings. The molecule has 0 amide bonds. The molecule has 0 aliphatic heterocycles. The monoisotopic (exact) mass is 173 g/mol. The highest BCUT2D eigenvalue weighted by atomic mass is 28.4. The Balaban J connectivity index is 4.15. The van der Waals surface area contributed by atoms with Crippen molar-refractivity contribution in [2.45, 2.75) is 25.9 Å². The van der Waals surface area contributed by atoms with Crippen molar-refractivity contribution in [3.8, 4) is 0 Å². The van der Waals surface area contributed by atoms with Gasteiger partial charge in [0.15, 0.2) is 0 Å². The Morgan fingerprint density at radius 3 is 2.27 bits per heavy atom. The van der Waals surface area contributed by atoms with Crippen LogP contribution in [-0.4, -0.2) is 27.7 Å². The molecular formula is C7H15NO2Si. The summed E-state index contributed by atoms with van der Waals surface area (Å²) in [6, 6.07) is 2.01. The zero-order valence-electron chi connectivity index (χ0n) is 7.39. The number of aliphatic imine (C=N–C) groups is 1. The van der Waals surface area contributed by atoms with Crippen LogP contribution in [0.2, 0.25) is 12.1 Å². The van der Waals surface area contributed by atoms with E-state index in [1.807, 2.05) is 0 Å². The molecule has 0 aromatic heterocycles. The summed E-state index contributed by atoms with van der Waals surface area (Å²) in [5, 5.41) is 0. The molecule has 0 aliphatic rings. The number of isocyanates is 1. The summed E-state index contributed by atoms with van der Waals surface area (Å²) >= 11 is 0. The first kappa shape index (κ1) is 10.6. The van der Waals surface area contributed by atoms with Gasteiger partial charge in [-0.2, -0.15) is 0 Å². The van der Waals surface area contributed by atoms with E-state index < -0.39 is 8.32 Å². The number of nitrogens with zero attached hydrogens (tertiary/aromatic N) is 1. The van der Waals surface area contributed by atoms with Crippen LogP contribution in [-0.2, 0) is 9.22 Å². The van der Waals surface area contributed by atoms with Crippen LogP contribution >= 0.6 is 0 Å². The van der Waals surface area contributed by atoms with Gasteiger partial charge in [-0.15, -0.1) is 0 Å². The number of rotatable bonds is 5. The first-order valence-electron chi connectivity index (χ1n) is 3.83. The highest BCUT2D eigenvalue weighted by molar-refractivity contribution is 6.73. The Morgan fingerprint density at radius 2 is 2.00 bits per heavy atom. The maximum absolute atomic E-state index is 9.87. The Kier molecular flexibility index (Phi) is 5.03. The number of hydrogen-bond donors (Lipinski definition) is 0. The van der Waals surface area contributed by atoms with Crippen molar-refractivity contribution in [1.29, 1.82) is 0 Å². The lowest BCUT2D eigenvalue weighted by atomic mass is 10.9. The van der Waals surface area contributed by atoms with Crippen LogP contribution in [0.5, 0.6) is 0 Å². The summed E-state index contributed by atoms with van der Waals surface area (Å²) in [7, 11) is 0.0403. The summed E-state index contributed by atoms with van der Waals surface area (Å²) in [5.41, 5.74) is 0. The molecule has 0 aliphatic carbocycles. The Labute approximate surface area is 68.6 Å². The molecule has 64 valence electrons. The van der Waals surface area contributed by atoms with Crippen molar-refractivity contribution in [3.63, 3.8) is 0 Å². The topological polar surface area (TPSA) is 38.7 Å². The van der Waals surface area contributed by atoms with Gasteiger partial charge in [-0.05, 0) is 12.1 Å². The van der Waals surface area contributed by atoms with Crippen LogP contribution in [0, 0.1) is 0 Å². The third kappa shape index (κ3) is 2.97. The summed E-state index contributed by atoms with van der Waals surface area (Å²) in [6.45, 7) is 4.17. The first-order valence-corrected chi connectivity index (χ1v) is 6.36. The zero-order valence-corrected chi connectivity index (χ0v) is 8.39. The molecule has 0 N–H and O–H groups in total. The molecule has 0 fully saturated rings. The van der Waals surface area contributed by atoms with Gasteiger partial charge < -0.3 is 4.43 Å². The van der Waals surface area contributed by atoms with Gasteiger partial charge in [0.25, 0.3) is 0 Å². The van der Waals surface area contributed by atoms with Crippen LogP contribution in [0.1, 0.15) is 13.8 Å². The van der Waals surface area contributed by atoms with E-state index in [2.05, 4.69) is 18.8 Å². The highest BCUT2D eigenvalue weighted by Gasteiger charge is 2.29. The fourth-order valence-corrected chi connectivity index (χ4v) is 3.01. The molecular weight excluding hydrogens is 158 g/mol. The maximum atomic E-state index is 9.87. The average molecular weight is 173 g/mol. The number of carbonyl (C=O) groups excluding carboxylic acids is 1. The van der Waals surface area contributed by atoms with E-state index in [0.717, 1.165) is 12.1 Å². The van der Waals surface area contributed by atoms with Gasteiger partial charge in [-0.25, -0.2) is 9.79 Å². The van der Waals surface area contributed by atoms with Gasteiger partial charge in [0.05, 0.1) is 6.17 Å². The van der Waals surface area contributed by atoms with Crippen molar-refractivity contribution in [2.75, 3.05) is 13.3 Å². The minimum absolute atomic E-state index is 0.556. The van der Waals surface area contributed by atoms with Crippen molar-refractivity contribution in [2.24, 2.45) is 4.99 Å². The van der Waals surface area contributed by atoms with Crippen molar-refractivity contribution in [3.05, 3.63) is 0 Å². The zero-order chi connectivity index (χ0) is 8.74. The molecule has 3 nitrogen and oxygen atoms in total. The molecule has 4 heteroatoms. The molecule has 0 unspecified atom stereocenters. The summed E-state index contributed by atoms with van der Waals surface area (Å²) < 4.78 is 5.40. The van der Waals surface area contributed by atoms with E-state index in [0.29, 0.717) is 6.17 Å². The van der Waals surface area contributed by atoms with Crippen molar-refractivity contribution < 1.29 is 9.22 Å². The maximum Gasteiger partial charge on any atom is 0.234 e. The van der Waals surface area contributed by atoms with E-state index in [4.69, 9.17) is 4.43 Å². The van der Waals surface area contributed by atoms with Gasteiger partial charge in [-0.3, -0.25) is 0 Å². The minimum atomic E-state index is -1.67. The fourth-order valence-electron chi connectivity index (χ4n) is 1.00. The van der Waals surface area contributed by atoms with Gasteiger partial charge in [-0.1, -0.05) is 13.8 Å². The Morgan fingerprint density at radius 1 is 1.45 bits per heavy atom. The van der Waals surface area contributed by atoms with Crippen LogP contribution in [0.15, 0.2) is 4.99 Å². The molecule has 11 heavy (non-hydrogen) atoms. The summed E-state index contributed by atoms with van der Waals surface area (Å²) in [4.78, 5) is 13.5. The predicted octanol–water partition coefficient (Wildman–Crippen LogP) is 1.49. The largest absolute Gasteiger partial charge is 0.418 e. The lowest BCUT2D eigenvalue weighted by Crippen LogP contribution is -2.39. The van der Waals surface area contributed by atoms with Gasteiger partial charge >= 0.3 is 0 Å². The Bertz CT molecular complexity index is 142. The molecule has 0 rings (SSSR count). The predicted molar refractivity (Wildman–Crippen MR) is 46.7 cm³/mol. The van der Waals surface area contributed by atoms with E-state index in [1.54, 1.807) is 13.2 Å². The normalized spacial score (nSPS) is 10.8. The van der Waals surface area contributed by atoms with E-state index in [9.17, 15) is 4.79 Å². The molecule has 0 bridgehead atoms. The van der Waals surface area contributed by atoms with Crippen LogP contribution in [0.25, 0.3) is 0 Å². The molecule has 0 saturated heterocycles. The van der Waals surface area contributed by atoms with Gasteiger partial charge in [0, 0.05) is 7.11 Å². The first-order chi connectivity index (χ1) is 5.24. The standard InChI is InChI=1S/C7H15NO2Si/c1-4-11(5-2,10-3)7-8-6-9/h4-5,7H2,1-3H3. The van der Waals surface area contributed by atoms with Gasteiger partial charge in [0.2, 0.25) is 14.4 Å². The highest BCUT2D eigenvalue weighted by Crippen LogP contribution is 2.15. The lowest BCUT2D eigenvalue weighted by Gasteiger charge is -2.23. The van der Waals surface area contributed by atoms with E-state index >= 15 is 0 Å². The van der Waals surface area contributed by atoms with Crippen molar-refractivity contribution in [1.82, 2.24) is 0 Å². The van der Waals surface area contributed by atoms with Crippen LogP contribution < -0.4 is 0 Å². The minimum Gasteiger partial charge on any atom is -0.418 e. The molecule has 0 saturated carbocycles. The molecule has 0 spiro atoms. The molecule has 0 atom stereocenters. The average Bonchev–Trinajstić information content (AvgIpc) is 2.08. The third-order valence-electron chi connectivity index (χ3n) is 2.15. The SMILES string of the molecule is CC[Si](CC)(CN=C=O)OC. The summed E-state index contributed by atoms with van der Waals surface area (Å²) in [5.74, 6) is 0.